The van der Waals surface area contributed by atoms with Gasteiger partial charge in [-0.15, -0.1) is 0 Å². The molecule has 20 heavy (non-hydrogen) atoms. The van der Waals surface area contributed by atoms with Crippen LogP contribution in [-0.2, 0) is 19.1 Å². The second-order valence-corrected chi connectivity index (χ2v) is 5.49. The largest absolute Gasteiger partial charge is 0.465 e. The normalized spacial score (nSPS) is 13.3. The molecule has 5 heteroatoms. The van der Waals surface area contributed by atoms with Crippen LogP contribution in [0.4, 0.5) is 0 Å². The van der Waals surface area contributed by atoms with Crippen LogP contribution in [0.15, 0.2) is 0 Å². The average molecular weight is 287 g/mol. The van der Waals surface area contributed by atoms with Crippen molar-refractivity contribution >= 4 is 11.8 Å². The molecule has 0 saturated carbocycles. The number of carbonyl (C=O) groups is 2. The highest BCUT2D eigenvalue weighted by atomic mass is 16.5. The number of ketones is 1. The predicted molar refractivity (Wildman–Crippen MR) is 78.6 cm³/mol. The minimum Gasteiger partial charge on any atom is -0.465 e. The molecule has 1 atom stereocenters. The molecule has 0 N–H and O–H groups in total. The summed E-state index contributed by atoms with van der Waals surface area (Å²) in [6, 6.07) is 0.270. The minimum absolute atomic E-state index is 0.118. The third-order valence-corrected chi connectivity index (χ3v) is 3.63. The van der Waals surface area contributed by atoms with Crippen LogP contribution in [0.2, 0.25) is 0 Å². The summed E-state index contributed by atoms with van der Waals surface area (Å²) >= 11 is 0. The third kappa shape index (κ3) is 5.59. The Balaban J connectivity index is 4.76. The van der Waals surface area contributed by atoms with Gasteiger partial charge in [0.2, 0.25) is 0 Å². The van der Waals surface area contributed by atoms with Crippen LogP contribution in [0.3, 0.4) is 0 Å². The van der Waals surface area contributed by atoms with Crippen LogP contribution in [0, 0.1) is 5.41 Å². The van der Waals surface area contributed by atoms with E-state index >= 15 is 0 Å². The van der Waals surface area contributed by atoms with E-state index in [1.807, 2.05) is 4.90 Å². The Morgan fingerprint density at radius 2 is 1.85 bits per heavy atom. The Morgan fingerprint density at radius 3 is 2.30 bits per heavy atom. The van der Waals surface area contributed by atoms with Gasteiger partial charge >= 0.3 is 5.97 Å². The standard InChI is InChI=1S/C15H29NO4/c1-7-12(3)16(9-10-19-6)11-13(17)15(4,5)14(18)20-8-2/h12H,7-11H2,1-6H3. The Bertz CT molecular complexity index is 315. The summed E-state index contributed by atoms with van der Waals surface area (Å²) in [4.78, 5) is 26.3. The van der Waals surface area contributed by atoms with E-state index in [4.69, 9.17) is 9.47 Å². The van der Waals surface area contributed by atoms with Crippen molar-refractivity contribution in [2.24, 2.45) is 5.41 Å². The lowest BCUT2D eigenvalue weighted by molar-refractivity contribution is -0.158. The minimum atomic E-state index is -1.10. The molecule has 0 aromatic rings. The van der Waals surface area contributed by atoms with Gasteiger partial charge in [-0.3, -0.25) is 14.5 Å². The molecule has 1 unspecified atom stereocenters. The number of hydrogen-bond donors (Lipinski definition) is 0. The van der Waals surface area contributed by atoms with Crippen LogP contribution in [-0.4, -0.2) is 56.1 Å². The molecular formula is C15H29NO4. The van der Waals surface area contributed by atoms with Crippen molar-refractivity contribution in [2.45, 2.75) is 47.1 Å². The topological polar surface area (TPSA) is 55.8 Å². The molecule has 0 bridgehead atoms. The number of carbonyl (C=O) groups excluding carboxylic acids is 2. The Kier molecular flexibility index (Phi) is 8.65. The van der Waals surface area contributed by atoms with E-state index in [1.54, 1.807) is 27.9 Å². The Labute approximate surface area is 122 Å². The number of esters is 1. The van der Waals surface area contributed by atoms with Crippen molar-refractivity contribution in [1.29, 1.82) is 0 Å². The zero-order chi connectivity index (χ0) is 15.8. The molecule has 0 fully saturated rings. The summed E-state index contributed by atoms with van der Waals surface area (Å²) in [6.07, 6.45) is 0.941. The van der Waals surface area contributed by atoms with Gasteiger partial charge in [0.05, 0.1) is 19.8 Å². The first-order valence-electron chi connectivity index (χ1n) is 7.24. The first-order chi connectivity index (χ1) is 9.31. The molecule has 5 nitrogen and oxygen atoms in total. The van der Waals surface area contributed by atoms with Gasteiger partial charge in [0.25, 0.3) is 0 Å². The summed E-state index contributed by atoms with van der Waals surface area (Å²) < 4.78 is 10.0. The monoisotopic (exact) mass is 287 g/mol. The highest BCUT2D eigenvalue weighted by molar-refractivity contribution is 6.03. The van der Waals surface area contributed by atoms with Crippen LogP contribution < -0.4 is 0 Å². The van der Waals surface area contributed by atoms with Crippen molar-refractivity contribution < 1.29 is 19.1 Å². The van der Waals surface area contributed by atoms with Gasteiger partial charge in [-0.1, -0.05) is 6.92 Å². The SMILES string of the molecule is CCOC(=O)C(C)(C)C(=O)CN(CCOC)C(C)CC. The molecule has 0 aliphatic heterocycles. The van der Waals surface area contributed by atoms with E-state index in [2.05, 4.69) is 13.8 Å². The average Bonchev–Trinajstić information content (AvgIpc) is 2.42. The number of rotatable bonds is 10. The van der Waals surface area contributed by atoms with Gasteiger partial charge in [-0.05, 0) is 34.1 Å². The third-order valence-electron chi connectivity index (χ3n) is 3.63. The van der Waals surface area contributed by atoms with E-state index in [9.17, 15) is 9.59 Å². The van der Waals surface area contributed by atoms with E-state index in [-0.39, 0.29) is 25.0 Å². The Morgan fingerprint density at radius 1 is 1.25 bits per heavy atom. The molecule has 0 heterocycles. The first kappa shape index (κ1) is 19.1. The number of ether oxygens (including phenoxy) is 2. The molecule has 0 spiro atoms. The maximum Gasteiger partial charge on any atom is 0.319 e. The second kappa shape index (κ2) is 9.08. The molecule has 0 aliphatic rings. The zero-order valence-electron chi connectivity index (χ0n) is 13.7. The fraction of sp³-hybridized carbons (Fsp3) is 0.867. The van der Waals surface area contributed by atoms with Crippen molar-refractivity contribution in [1.82, 2.24) is 4.90 Å². The molecule has 0 aliphatic carbocycles. The quantitative estimate of drug-likeness (QED) is 0.454. The Hall–Kier alpha value is -0.940. The van der Waals surface area contributed by atoms with Gasteiger partial charge in [0.15, 0.2) is 5.78 Å². The van der Waals surface area contributed by atoms with Gasteiger partial charge < -0.3 is 9.47 Å². The summed E-state index contributed by atoms with van der Waals surface area (Å²) in [5.74, 6) is -0.576. The van der Waals surface area contributed by atoms with Crippen LogP contribution in [0.5, 0.6) is 0 Å². The molecule has 0 saturated heterocycles. The van der Waals surface area contributed by atoms with Crippen molar-refractivity contribution in [3.8, 4) is 0 Å². The van der Waals surface area contributed by atoms with Crippen molar-refractivity contribution in [2.75, 3.05) is 33.4 Å². The molecular weight excluding hydrogens is 258 g/mol. The van der Waals surface area contributed by atoms with E-state index in [1.165, 1.54) is 0 Å². The number of Topliss-reactive ketones (excluding diaryl/α,β-unsaturated/α-hetero) is 1. The van der Waals surface area contributed by atoms with Crippen molar-refractivity contribution in [3.05, 3.63) is 0 Å². The summed E-state index contributed by atoms with van der Waals surface area (Å²) in [7, 11) is 1.64. The van der Waals surface area contributed by atoms with Gasteiger partial charge in [-0.2, -0.15) is 0 Å². The highest BCUT2D eigenvalue weighted by Gasteiger charge is 2.38. The van der Waals surface area contributed by atoms with Crippen LogP contribution in [0.25, 0.3) is 0 Å². The molecule has 0 aromatic heterocycles. The van der Waals surface area contributed by atoms with E-state index in [0.29, 0.717) is 13.2 Å². The lowest BCUT2D eigenvalue weighted by atomic mass is 9.87. The van der Waals surface area contributed by atoms with Crippen LogP contribution in [0.1, 0.15) is 41.0 Å². The first-order valence-corrected chi connectivity index (χ1v) is 7.24. The maximum absolute atomic E-state index is 12.4. The fourth-order valence-electron chi connectivity index (χ4n) is 1.73. The fourth-order valence-corrected chi connectivity index (χ4v) is 1.73. The van der Waals surface area contributed by atoms with Gasteiger partial charge in [-0.25, -0.2) is 0 Å². The molecule has 0 radical (unpaired) electrons. The number of hydrogen-bond acceptors (Lipinski definition) is 5. The lowest BCUT2D eigenvalue weighted by Gasteiger charge is -2.30. The summed E-state index contributed by atoms with van der Waals surface area (Å²) in [6.45, 7) is 10.9. The summed E-state index contributed by atoms with van der Waals surface area (Å²) in [5.41, 5.74) is -1.10. The second-order valence-electron chi connectivity index (χ2n) is 5.49. The van der Waals surface area contributed by atoms with E-state index < -0.39 is 11.4 Å². The molecule has 0 amide bonds. The number of methoxy groups -OCH3 is 1. The molecule has 118 valence electrons. The zero-order valence-corrected chi connectivity index (χ0v) is 13.7. The maximum atomic E-state index is 12.4. The highest BCUT2D eigenvalue weighted by Crippen LogP contribution is 2.20. The predicted octanol–water partition coefficient (Wildman–Crippen LogP) is 1.89. The summed E-state index contributed by atoms with van der Waals surface area (Å²) in [5, 5.41) is 0. The smallest absolute Gasteiger partial charge is 0.319 e. The van der Waals surface area contributed by atoms with Gasteiger partial charge in [0.1, 0.15) is 5.41 Å². The molecule has 0 rings (SSSR count). The van der Waals surface area contributed by atoms with Gasteiger partial charge in [0, 0.05) is 19.7 Å². The van der Waals surface area contributed by atoms with Crippen LogP contribution >= 0.6 is 0 Å². The van der Waals surface area contributed by atoms with E-state index in [0.717, 1.165) is 6.42 Å². The van der Waals surface area contributed by atoms with Crippen molar-refractivity contribution in [3.63, 3.8) is 0 Å². The lowest BCUT2D eigenvalue weighted by Crippen LogP contribution is -2.46. The number of nitrogens with zero attached hydrogens (tertiary/aromatic N) is 1. The molecule has 0 aromatic carbocycles.